The van der Waals surface area contributed by atoms with E-state index in [1.807, 2.05) is 6.92 Å². The molecule has 0 saturated heterocycles. The van der Waals surface area contributed by atoms with E-state index in [0.29, 0.717) is 5.92 Å². The molecule has 1 atom stereocenters. The molecule has 0 fully saturated rings. The van der Waals surface area contributed by atoms with Crippen LogP contribution in [-0.4, -0.2) is 18.1 Å². The Kier molecular flexibility index (Phi) is 3.69. The summed E-state index contributed by atoms with van der Waals surface area (Å²) in [6.07, 6.45) is 0. The molecule has 0 amide bonds. The maximum Gasteiger partial charge on any atom is 0.183 e. The van der Waals surface area contributed by atoms with Gasteiger partial charge in [-0.3, -0.25) is 0 Å². The van der Waals surface area contributed by atoms with Crippen LogP contribution in [0.4, 0.5) is 5.13 Å². The minimum atomic E-state index is 0.504. The Morgan fingerprint density at radius 1 is 1.54 bits per heavy atom. The maximum atomic E-state index is 5.51. The fraction of sp³-hybridized carbons (Fsp3) is 0.667. The highest BCUT2D eigenvalue weighted by molar-refractivity contribution is 7.15. The number of aromatic nitrogens is 1. The summed E-state index contributed by atoms with van der Waals surface area (Å²) in [6, 6.07) is 0. The van der Waals surface area contributed by atoms with Crippen molar-refractivity contribution in [1.29, 1.82) is 0 Å². The molecule has 0 spiro atoms. The zero-order valence-electron chi connectivity index (χ0n) is 8.42. The van der Waals surface area contributed by atoms with Crippen LogP contribution in [0, 0.1) is 19.8 Å². The standard InChI is InChI=1S/C9H17N3S/c1-6(4-10)5-11-9-12-7(2)8(3)13-9/h6H,4-5,10H2,1-3H3,(H,11,12). The van der Waals surface area contributed by atoms with Gasteiger partial charge < -0.3 is 11.1 Å². The number of nitrogens with one attached hydrogen (secondary N) is 1. The molecule has 0 aliphatic rings. The van der Waals surface area contributed by atoms with E-state index < -0.39 is 0 Å². The fourth-order valence-corrected chi connectivity index (χ4v) is 1.71. The molecule has 0 aromatic carbocycles. The predicted molar refractivity (Wildman–Crippen MR) is 58.3 cm³/mol. The van der Waals surface area contributed by atoms with Gasteiger partial charge in [0.05, 0.1) is 5.69 Å². The maximum absolute atomic E-state index is 5.51. The van der Waals surface area contributed by atoms with E-state index in [0.717, 1.165) is 23.9 Å². The van der Waals surface area contributed by atoms with Crippen LogP contribution in [0.2, 0.25) is 0 Å². The van der Waals surface area contributed by atoms with E-state index in [-0.39, 0.29) is 0 Å². The number of anilines is 1. The fourth-order valence-electron chi connectivity index (χ4n) is 0.893. The summed E-state index contributed by atoms with van der Waals surface area (Å²) in [4.78, 5) is 5.66. The van der Waals surface area contributed by atoms with E-state index in [4.69, 9.17) is 5.73 Å². The van der Waals surface area contributed by atoms with E-state index in [2.05, 4.69) is 24.1 Å². The highest BCUT2D eigenvalue weighted by Crippen LogP contribution is 2.20. The Balaban J connectivity index is 2.45. The molecule has 0 aliphatic carbocycles. The van der Waals surface area contributed by atoms with E-state index in [1.54, 1.807) is 11.3 Å². The summed E-state index contributed by atoms with van der Waals surface area (Å²) in [5.74, 6) is 0.504. The Labute approximate surface area is 83.4 Å². The number of rotatable bonds is 4. The van der Waals surface area contributed by atoms with Crippen LogP contribution >= 0.6 is 11.3 Å². The Bertz CT molecular complexity index is 250. The molecule has 0 saturated carbocycles. The zero-order chi connectivity index (χ0) is 9.84. The lowest BCUT2D eigenvalue weighted by Gasteiger charge is -2.07. The molecule has 1 rings (SSSR count). The molecule has 3 nitrogen and oxygen atoms in total. The van der Waals surface area contributed by atoms with E-state index in [1.165, 1.54) is 4.88 Å². The monoisotopic (exact) mass is 199 g/mol. The number of hydrogen-bond donors (Lipinski definition) is 2. The van der Waals surface area contributed by atoms with Gasteiger partial charge in [-0.1, -0.05) is 6.92 Å². The van der Waals surface area contributed by atoms with Gasteiger partial charge in [-0.15, -0.1) is 11.3 Å². The molecule has 0 radical (unpaired) electrons. The second-order valence-corrected chi connectivity index (χ2v) is 4.59. The minimum absolute atomic E-state index is 0.504. The van der Waals surface area contributed by atoms with Crippen LogP contribution in [0.5, 0.6) is 0 Å². The lowest BCUT2D eigenvalue weighted by atomic mass is 10.2. The van der Waals surface area contributed by atoms with Crippen LogP contribution < -0.4 is 11.1 Å². The van der Waals surface area contributed by atoms with Crippen molar-refractivity contribution in [2.24, 2.45) is 11.7 Å². The second kappa shape index (κ2) is 4.58. The predicted octanol–water partition coefficient (Wildman–Crippen LogP) is 1.77. The van der Waals surface area contributed by atoms with Gasteiger partial charge in [0.2, 0.25) is 0 Å². The Hall–Kier alpha value is -0.610. The van der Waals surface area contributed by atoms with Gasteiger partial charge in [-0.2, -0.15) is 0 Å². The van der Waals surface area contributed by atoms with Crippen LogP contribution in [0.25, 0.3) is 0 Å². The number of nitrogens with zero attached hydrogens (tertiary/aromatic N) is 1. The first-order chi connectivity index (χ1) is 6.13. The molecule has 3 N–H and O–H groups in total. The molecule has 1 unspecified atom stereocenters. The zero-order valence-corrected chi connectivity index (χ0v) is 9.24. The molecule has 4 heteroatoms. The van der Waals surface area contributed by atoms with E-state index in [9.17, 15) is 0 Å². The highest BCUT2D eigenvalue weighted by atomic mass is 32.1. The van der Waals surface area contributed by atoms with Gasteiger partial charge in [-0.05, 0) is 26.3 Å². The van der Waals surface area contributed by atoms with Crippen LogP contribution in [0.3, 0.4) is 0 Å². The van der Waals surface area contributed by atoms with Crippen molar-refractivity contribution < 1.29 is 0 Å². The normalized spacial score (nSPS) is 12.9. The summed E-state index contributed by atoms with van der Waals surface area (Å²) in [5, 5.41) is 4.29. The summed E-state index contributed by atoms with van der Waals surface area (Å²) in [7, 11) is 0. The molecule has 13 heavy (non-hydrogen) atoms. The van der Waals surface area contributed by atoms with Crippen LogP contribution in [0.15, 0.2) is 0 Å². The minimum Gasteiger partial charge on any atom is -0.361 e. The summed E-state index contributed by atoms with van der Waals surface area (Å²) < 4.78 is 0. The third-order valence-electron chi connectivity index (χ3n) is 2.03. The van der Waals surface area contributed by atoms with Gasteiger partial charge in [-0.25, -0.2) is 4.98 Å². The average Bonchev–Trinajstić information content (AvgIpc) is 2.42. The van der Waals surface area contributed by atoms with Crippen molar-refractivity contribution >= 4 is 16.5 Å². The van der Waals surface area contributed by atoms with Gasteiger partial charge >= 0.3 is 0 Å². The van der Waals surface area contributed by atoms with Gasteiger partial charge in [0, 0.05) is 11.4 Å². The third kappa shape index (κ3) is 2.97. The molecule has 1 aromatic heterocycles. The van der Waals surface area contributed by atoms with Crippen molar-refractivity contribution in [2.75, 3.05) is 18.4 Å². The average molecular weight is 199 g/mol. The van der Waals surface area contributed by atoms with Crippen molar-refractivity contribution in [2.45, 2.75) is 20.8 Å². The molecular formula is C9H17N3S. The smallest absolute Gasteiger partial charge is 0.183 e. The highest BCUT2D eigenvalue weighted by Gasteiger charge is 2.04. The van der Waals surface area contributed by atoms with E-state index >= 15 is 0 Å². The Morgan fingerprint density at radius 2 is 2.23 bits per heavy atom. The SMILES string of the molecule is Cc1nc(NCC(C)CN)sc1C. The van der Waals surface area contributed by atoms with Crippen LogP contribution in [-0.2, 0) is 0 Å². The molecule has 74 valence electrons. The Morgan fingerprint density at radius 3 is 2.69 bits per heavy atom. The lowest BCUT2D eigenvalue weighted by Crippen LogP contribution is -2.19. The third-order valence-corrected chi connectivity index (χ3v) is 3.06. The number of thiazole rings is 1. The summed E-state index contributed by atoms with van der Waals surface area (Å²) in [5.41, 5.74) is 6.63. The molecule has 1 heterocycles. The summed E-state index contributed by atoms with van der Waals surface area (Å²) >= 11 is 1.70. The van der Waals surface area contributed by atoms with Crippen molar-refractivity contribution in [1.82, 2.24) is 4.98 Å². The largest absolute Gasteiger partial charge is 0.361 e. The molecular weight excluding hydrogens is 182 g/mol. The lowest BCUT2D eigenvalue weighted by molar-refractivity contribution is 0.628. The van der Waals surface area contributed by atoms with Crippen molar-refractivity contribution in [3.8, 4) is 0 Å². The molecule has 0 bridgehead atoms. The topological polar surface area (TPSA) is 50.9 Å². The first-order valence-corrected chi connectivity index (χ1v) is 5.33. The molecule has 0 aliphatic heterocycles. The first-order valence-electron chi connectivity index (χ1n) is 4.51. The van der Waals surface area contributed by atoms with Crippen molar-refractivity contribution in [3.05, 3.63) is 10.6 Å². The van der Waals surface area contributed by atoms with Gasteiger partial charge in [0.25, 0.3) is 0 Å². The number of nitrogens with two attached hydrogens (primary N) is 1. The van der Waals surface area contributed by atoms with Gasteiger partial charge in [0.15, 0.2) is 5.13 Å². The summed E-state index contributed by atoms with van der Waals surface area (Å²) in [6.45, 7) is 7.87. The van der Waals surface area contributed by atoms with Crippen LogP contribution in [0.1, 0.15) is 17.5 Å². The van der Waals surface area contributed by atoms with Gasteiger partial charge in [0.1, 0.15) is 0 Å². The molecule has 1 aromatic rings. The quantitative estimate of drug-likeness (QED) is 0.777. The number of hydrogen-bond acceptors (Lipinski definition) is 4. The first kappa shape index (κ1) is 10.5. The number of aryl methyl sites for hydroxylation is 2. The second-order valence-electron chi connectivity index (χ2n) is 3.38. The van der Waals surface area contributed by atoms with Crippen molar-refractivity contribution in [3.63, 3.8) is 0 Å².